The van der Waals surface area contributed by atoms with Crippen LogP contribution in [0.1, 0.15) is 161 Å². The van der Waals surface area contributed by atoms with Gasteiger partial charge in [0, 0.05) is 30.9 Å². The Hall–Kier alpha value is -2.06. The minimum absolute atomic E-state index is 0.0305. The summed E-state index contributed by atoms with van der Waals surface area (Å²) in [6.07, 6.45) is 21.5. The first-order valence-corrected chi connectivity index (χ1v) is 20.0. The number of carbonyl (C=O) groups excluding carboxylic acids is 3. The highest BCUT2D eigenvalue weighted by Gasteiger charge is 2.20. The number of nitrogens with two attached hydrogens (primary N) is 1. The molecule has 270 valence electrons. The van der Waals surface area contributed by atoms with Crippen LogP contribution in [-0.2, 0) is 23.9 Å². The van der Waals surface area contributed by atoms with Crippen molar-refractivity contribution in [1.29, 1.82) is 0 Å². The molecule has 0 saturated carbocycles. The van der Waals surface area contributed by atoms with Gasteiger partial charge in [0.2, 0.25) is 5.91 Å². The molecular formula is C39H68N2O5S. The van der Waals surface area contributed by atoms with Gasteiger partial charge in [-0.2, -0.15) is 11.8 Å². The van der Waals surface area contributed by atoms with Gasteiger partial charge in [-0.3, -0.25) is 14.4 Å². The van der Waals surface area contributed by atoms with Crippen LogP contribution >= 0.6 is 11.8 Å². The molecule has 3 N–H and O–H groups in total. The maximum atomic E-state index is 12.7. The summed E-state index contributed by atoms with van der Waals surface area (Å²) in [6, 6.07) is 9.37. The van der Waals surface area contributed by atoms with Crippen molar-refractivity contribution in [2.24, 2.45) is 5.73 Å². The number of carbonyl (C=O) groups is 3. The number of hydrogen-bond acceptors (Lipinski definition) is 7. The molecule has 47 heavy (non-hydrogen) atoms. The molecule has 1 amide bonds. The molecule has 8 heteroatoms. The summed E-state index contributed by atoms with van der Waals surface area (Å²) in [5, 5.41) is 2.95. The number of hydrogen-bond donors (Lipinski definition) is 2. The Labute approximate surface area is 291 Å². The lowest BCUT2D eigenvalue weighted by Gasteiger charge is -2.19. The average molecular weight is 677 g/mol. The Kier molecular flexibility index (Phi) is 27.5. The predicted molar refractivity (Wildman–Crippen MR) is 198 cm³/mol. The van der Waals surface area contributed by atoms with Crippen LogP contribution in [0.3, 0.4) is 0 Å². The Bertz CT molecular complexity index is 916. The van der Waals surface area contributed by atoms with E-state index in [0.29, 0.717) is 30.9 Å². The van der Waals surface area contributed by atoms with Crippen LogP contribution in [0.15, 0.2) is 30.3 Å². The average Bonchev–Trinajstić information content (AvgIpc) is 3.08. The van der Waals surface area contributed by atoms with E-state index in [0.717, 1.165) is 44.1 Å². The molecular weight excluding hydrogens is 609 g/mol. The van der Waals surface area contributed by atoms with Crippen LogP contribution in [0.4, 0.5) is 0 Å². The largest absolute Gasteiger partial charge is 0.462 e. The molecule has 0 spiro atoms. The molecule has 0 aliphatic heterocycles. The van der Waals surface area contributed by atoms with Crippen LogP contribution in [-0.4, -0.2) is 54.6 Å². The van der Waals surface area contributed by atoms with Crippen molar-refractivity contribution in [2.75, 3.05) is 24.7 Å². The van der Waals surface area contributed by atoms with Crippen molar-refractivity contribution < 1.29 is 23.9 Å². The van der Waals surface area contributed by atoms with Crippen LogP contribution in [0.5, 0.6) is 0 Å². The van der Waals surface area contributed by atoms with E-state index in [4.69, 9.17) is 15.2 Å². The van der Waals surface area contributed by atoms with Crippen molar-refractivity contribution in [3.8, 4) is 0 Å². The first-order valence-electron chi connectivity index (χ1n) is 18.9. The van der Waals surface area contributed by atoms with Crippen LogP contribution in [0.25, 0.3) is 0 Å². The quantitative estimate of drug-likeness (QED) is 0.0596. The number of ether oxygens (including phenoxy) is 2. The number of rotatable bonds is 31. The zero-order valence-corrected chi connectivity index (χ0v) is 30.9. The molecule has 1 rings (SSSR count). The summed E-state index contributed by atoms with van der Waals surface area (Å²) in [7, 11) is 0. The molecule has 0 fully saturated rings. The van der Waals surface area contributed by atoms with E-state index < -0.39 is 12.1 Å². The van der Waals surface area contributed by atoms with Crippen molar-refractivity contribution >= 4 is 29.6 Å². The molecule has 0 aromatic heterocycles. The number of benzene rings is 1. The molecule has 0 radical (unpaired) electrons. The lowest BCUT2D eigenvalue weighted by atomic mass is 10.0. The van der Waals surface area contributed by atoms with E-state index in [1.807, 2.05) is 30.3 Å². The third kappa shape index (κ3) is 24.7. The van der Waals surface area contributed by atoms with Gasteiger partial charge in [0.1, 0.15) is 12.7 Å². The molecule has 1 aromatic carbocycles. The summed E-state index contributed by atoms with van der Waals surface area (Å²) in [6.45, 7) is 7.07. The summed E-state index contributed by atoms with van der Waals surface area (Å²) < 4.78 is 11.3. The van der Waals surface area contributed by atoms with Crippen LogP contribution in [0.2, 0.25) is 0 Å². The molecule has 1 aromatic rings. The lowest BCUT2D eigenvalue weighted by Crippen LogP contribution is -2.43. The molecule has 0 saturated heterocycles. The van der Waals surface area contributed by atoms with Crippen LogP contribution in [0, 0.1) is 0 Å². The Morgan fingerprint density at radius 1 is 0.702 bits per heavy atom. The second-order valence-electron chi connectivity index (χ2n) is 13.2. The highest BCUT2D eigenvalue weighted by atomic mass is 32.2. The highest BCUT2D eigenvalue weighted by molar-refractivity contribution is 7.99. The van der Waals surface area contributed by atoms with E-state index in [1.165, 1.54) is 88.8 Å². The summed E-state index contributed by atoms with van der Waals surface area (Å²) >= 11 is 1.44. The second kappa shape index (κ2) is 30.0. The molecule has 3 atom stereocenters. The monoisotopic (exact) mass is 676 g/mol. The van der Waals surface area contributed by atoms with Gasteiger partial charge in [-0.15, -0.1) is 0 Å². The molecule has 7 nitrogen and oxygen atoms in total. The fraction of sp³-hybridized carbons (Fsp3) is 0.769. The second-order valence-corrected chi connectivity index (χ2v) is 14.2. The number of nitrogens with one attached hydrogen (secondary N) is 1. The van der Waals surface area contributed by atoms with Crippen molar-refractivity contribution in [3.63, 3.8) is 0 Å². The third-order valence-electron chi connectivity index (χ3n) is 8.59. The zero-order chi connectivity index (χ0) is 34.4. The summed E-state index contributed by atoms with van der Waals surface area (Å²) in [5.41, 5.74) is 7.35. The lowest BCUT2D eigenvalue weighted by molar-refractivity contribution is -0.157. The molecule has 0 bridgehead atoms. The minimum Gasteiger partial charge on any atom is -0.462 e. The highest BCUT2D eigenvalue weighted by Crippen LogP contribution is 2.16. The minimum atomic E-state index is -0.685. The Balaban J connectivity index is 2.42. The van der Waals surface area contributed by atoms with E-state index in [1.54, 1.807) is 0 Å². The number of thioether (sulfide) groups is 1. The summed E-state index contributed by atoms with van der Waals surface area (Å²) in [5.74, 6) is 0.263. The third-order valence-corrected chi connectivity index (χ3v) is 9.79. The first-order chi connectivity index (χ1) is 22.9. The van der Waals surface area contributed by atoms with Gasteiger partial charge in [-0.1, -0.05) is 154 Å². The normalized spacial score (nSPS) is 13.1. The topological polar surface area (TPSA) is 108 Å². The van der Waals surface area contributed by atoms with Gasteiger partial charge in [-0.05, 0) is 24.3 Å². The number of unbranched alkanes of at least 4 members (excludes halogenated alkanes) is 16. The maximum absolute atomic E-state index is 12.7. The standard InChI is InChI=1S/C39H68N2O5S/c1-4-6-8-10-12-14-16-18-23-27-37(42)45-30-35(46-38(43)28-24-19-17-15-13-11-9-7-5-2)31-47-32-36(40)39(44)41-29-33(3)34-25-21-20-22-26-34/h20-22,25-26,33,35-36H,4-19,23-24,27-32,40H2,1-3H3,(H,41,44)/t33?,35-,36-/m1/s1. The molecule has 0 aliphatic rings. The van der Waals surface area contributed by atoms with E-state index in [9.17, 15) is 14.4 Å². The van der Waals surface area contributed by atoms with E-state index >= 15 is 0 Å². The first kappa shape index (κ1) is 43.0. The molecule has 0 aliphatic carbocycles. The number of amides is 1. The van der Waals surface area contributed by atoms with E-state index in [2.05, 4.69) is 26.1 Å². The van der Waals surface area contributed by atoms with Gasteiger partial charge < -0.3 is 20.5 Å². The summed E-state index contributed by atoms with van der Waals surface area (Å²) in [4.78, 5) is 37.8. The molecule has 0 heterocycles. The van der Waals surface area contributed by atoms with Crippen molar-refractivity contribution in [1.82, 2.24) is 5.32 Å². The Morgan fingerprint density at radius 3 is 1.72 bits per heavy atom. The zero-order valence-electron chi connectivity index (χ0n) is 30.1. The van der Waals surface area contributed by atoms with Gasteiger partial charge in [-0.25, -0.2) is 0 Å². The smallest absolute Gasteiger partial charge is 0.306 e. The fourth-order valence-electron chi connectivity index (χ4n) is 5.47. The maximum Gasteiger partial charge on any atom is 0.306 e. The molecule has 1 unspecified atom stereocenters. The van der Waals surface area contributed by atoms with Crippen molar-refractivity contribution in [3.05, 3.63) is 35.9 Å². The van der Waals surface area contributed by atoms with E-state index in [-0.39, 0.29) is 30.4 Å². The van der Waals surface area contributed by atoms with Crippen molar-refractivity contribution in [2.45, 2.75) is 167 Å². The van der Waals surface area contributed by atoms with Gasteiger partial charge in [0.25, 0.3) is 0 Å². The number of esters is 2. The fourth-order valence-corrected chi connectivity index (χ4v) is 6.43. The van der Waals surface area contributed by atoms with Gasteiger partial charge >= 0.3 is 11.9 Å². The van der Waals surface area contributed by atoms with Crippen LogP contribution < -0.4 is 11.1 Å². The SMILES string of the molecule is CCCCCCCCCCCC(=O)OC[C@H](CSC[C@@H](N)C(=O)NCC(C)c1ccccc1)OC(=O)CCCCCCCCCCC. The van der Waals surface area contributed by atoms with Gasteiger partial charge in [0.15, 0.2) is 0 Å². The predicted octanol–water partition coefficient (Wildman–Crippen LogP) is 9.26. The van der Waals surface area contributed by atoms with Gasteiger partial charge in [0.05, 0.1) is 6.04 Å². The Morgan fingerprint density at radius 2 is 1.19 bits per heavy atom.